The molecule has 78 valence electrons. The first kappa shape index (κ1) is 10.5. The lowest BCUT2D eigenvalue weighted by Crippen LogP contribution is -2.36. The van der Waals surface area contributed by atoms with Gasteiger partial charge in [0, 0.05) is 12.1 Å². The third-order valence-corrected chi connectivity index (χ3v) is 3.05. The van der Waals surface area contributed by atoms with Crippen molar-refractivity contribution in [2.45, 2.75) is 6.54 Å². The second-order valence-corrected chi connectivity index (χ2v) is 4.22. The first-order valence-corrected chi connectivity index (χ1v) is 5.63. The fraction of sp³-hybridized carbons (Fsp3) is 0.0833. The Morgan fingerprint density at radius 2 is 2.12 bits per heavy atom. The Morgan fingerprint density at radius 1 is 1.38 bits per heavy atom. The van der Waals surface area contributed by atoms with Gasteiger partial charge in [-0.1, -0.05) is 6.07 Å². The van der Waals surface area contributed by atoms with Crippen molar-refractivity contribution < 1.29 is 9.36 Å². The summed E-state index contributed by atoms with van der Waals surface area (Å²) in [5, 5.41) is 10.5. The van der Waals surface area contributed by atoms with Gasteiger partial charge < -0.3 is 0 Å². The van der Waals surface area contributed by atoms with Crippen LogP contribution in [0.5, 0.6) is 0 Å². The van der Waals surface area contributed by atoms with Crippen LogP contribution >= 0.6 is 11.3 Å². The smallest absolute Gasteiger partial charge is 0.237 e. The van der Waals surface area contributed by atoms with Crippen LogP contribution in [0.15, 0.2) is 42.0 Å². The molecular formula is C12H9N2OS+. The zero-order valence-electron chi connectivity index (χ0n) is 8.46. The number of nitrogens with zero attached hydrogens (tertiary/aromatic N) is 2. The van der Waals surface area contributed by atoms with E-state index in [-0.39, 0.29) is 5.78 Å². The van der Waals surface area contributed by atoms with Gasteiger partial charge in [-0.15, -0.1) is 11.3 Å². The maximum atomic E-state index is 11.8. The van der Waals surface area contributed by atoms with Gasteiger partial charge in [-0.05, 0) is 11.4 Å². The molecule has 4 heteroatoms. The molecule has 0 aliphatic rings. The number of hydrogen-bond donors (Lipinski definition) is 0. The molecule has 0 aliphatic carbocycles. The predicted octanol–water partition coefficient (Wildman–Crippen LogP) is 1.79. The number of aromatic nitrogens is 1. The van der Waals surface area contributed by atoms with Gasteiger partial charge in [0.1, 0.15) is 0 Å². The first-order chi connectivity index (χ1) is 7.79. The van der Waals surface area contributed by atoms with Crippen molar-refractivity contribution in [2.75, 3.05) is 0 Å². The Labute approximate surface area is 97.2 Å². The van der Waals surface area contributed by atoms with Crippen molar-refractivity contribution in [1.82, 2.24) is 0 Å². The molecule has 0 amide bonds. The summed E-state index contributed by atoms with van der Waals surface area (Å²) in [6.45, 7) is 0.312. The van der Waals surface area contributed by atoms with Crippen LogP contribution in [-0.2, 0) is 6.54 Å². The Hall–Kier alpha value is -1.99. The monoisotopic (exact) mass is 229 g/mol. The van der Waals surface area contributed by atoms with E-state index in [1.807, 2.05) is 23.6 Å². The van der Waals surface area contributed by atoms with Gasteiger partial charge in [0.2, 0.25) is 12.3 Å². The molecule has 3 nitrogen and oxygen atoms in total. The topological polar surface area (TPSA) is 44.7 Å². The largest absolute Gasteiger partial charge is 0.286 e. The van der Waals surface area contributed by atoms with Crippen LogP contribution in [0.3, 0.4) is 0 Å². The van der Waals surface area contributed by atoms with Crippen molar-refractivity contribution in [1.29, 1.82) is 5.26 Å². The molecule has 0 bridgehead atoms. The van der Waals surface area contributed by atoms with E-state index in [2.05, 4.69) is 0 Å². The molecule has 0 saturated carbocycles. The molecule has 0 radical (unpaired) electrons. The highest BCUT2D eigenvalue weighted by Crippen LogP contribution is 2.08. The highest BCUT2D eigenvalue weighted by Gasteiger charge is 2.12. The van der Waals surface area contributed by atoms with Gasteiger partial charge in [-0.2, -0.15) is 9.83 Å². The number of carbonyl (C=O) groups is 1. The van der Waals surface area contributed by atoms with E-state index in [4.69, 9.17) is 5.26 Å². The van der Waals surface area contributed by atoms with Crippen LogP contribution in [0.2, 0.25) is 0 Å². The van der Waals surface area contributed by atoms with Gasteiger partial charge in [0.15, 0.2) is 12.4 Å². The Balaban J connectivity index is 2.10. The van der Waals surface area contributed by atoms with Gasteiger partial charge in [-0.3, -0.25) is 4.79 Å². The average Bonchev–Trinajstić information content (AvgIpc) is 2.83. The number of ketones is 1. The third kappa shape index (κ3) is 2.33. The number of rotatable bonds is 3. The lowest BCUT2D eigenvalue weighted by Gasteiger charge is -1.94. The molecule has 0 saturated heterocycles. The number of Topliss-reactive ketones (excluding diaryl/α,β-unsaturated/α-hetero) is 1. The number of pyridine rings is 1. The van der Waals surface area contributed by atoms with Crippen LogP contribution in [-0.4, -0.2) is 5.78 Å². The Kier molecular flexibility index (Phi) is 3.08. The van der Waals surface area contributed by atoms with Crippen LogP contribution < -0.4 is 4.57 Å². The molecule has 16 heavy (non-hydrogen) atoms. The fourth-order valence-corrected chi connectivity index (χ4v) is 1.98. The fourth-order valence-electron chi connectivity index (χ4n) is 1.32. The van der Waals surface area contributed by atoms with Crippen LogP contribution in [0.4, 0.5) is 0 Å². The summed E-state index contributed by atoms with van der Waals surface area (Å²) in [5.74, 6) is 0.0877. The number of carbonyl (C=O) groups excluding carboxylic acids is 1. The summed E-state index contributed by atoms with van der Waals surface area (Å²) < 4.78 is 1.77. The number of hydrogen-bond acceptors (Lipinski definition) is 3. The second kappa shape index (κ2) is 4.69. The lowest BCUT2D eigenvalue weighted by molar-refractivity contribution is -0.683. The molecular weight excluding hydrogens is 220 g/mol. The van der Waals surface area contributed by atoms with E-state index in [9.17, 15) is 4.79 Å². The average molecular weight is 229 g/mol. The molecule has 0 aliphatic heterocycles. The Bertz CT molecular complexity index is 523. The third-order valence-electron chi connectivity index (χ3n) is 2.14. The molecule has 0 atom stereocenters. The van der Waals surface area contributed by atoms with E-state index in [1.54, 1.807) is 29.1 Å². The maximum Gasteiger partial charge on any atom is 0.237 e. The summed E-state index contributed by atoms with van der Waals surface area (Å²) in [6.07, 6.45) is 3.48. The van der Waals surface area contributed by atoms with E-state index in [1.165, 1.54) is 11.3 Å². The molecule has 2 rings (SSSR count). The molecule has 2 aromatic rings. The minimum absolute atomic E-state index is 0.0877. The van der Waals surface area contributed by atoms with Crippen LogP contribution in [0.25, 0.3) is 0 Å². The quantitative estimate of drug-likeness (QED) is 0.595. The maximum absolute atomic E-state index is 11.8. The summed E-state index contributed by atoms with van der Waals surface area (Å²) in [7, 11) is 0. The molecule has 0 spiro atoms. The molecule has 0 aromatic carbocycles. The van der Waals surface area contributed by atoms with Gasteiger partial charge in [0.05, 0.1) is 16.5 Å². The molecule has 0 fully saturated rings. The zero-order chi connectivity index (χ0) is 11.4. The molecule has 0 N–H and O–H groups in total. The molecule has 2 heterocycles. The van der Waals surface area contributed by atoms with Crippen LogP contribution in [0.1, 0.15) is 15.2 Å². The predicted molar refractivity (Wildman–Crippen MR) is 60.0 cm³/mol. The van der Waals surface area contributed by atoms with Crippen molar-refractivity contribution in [3.63, 3.8) is 0 Å². The SMILES string of the molecule is N#Cc1cc[n+](CC(=O)c2cccs2)cc1. The van der Waals surface area contributed by atoms with E-state index >= 15 is 0 Å². The minimum Gasteiger partial charge on any atom is -0.286 e. The first-order valence-electron chi connectivity index (χ1n) is 4.75. The highest BCUT2D eigenvalue weighted by atomic mass is 32.1. The van der Waals surface area contributed by atoms with E-state index in [0.717, 1.165) is 4.88 Å². The zero-order valence-corrected chi connectivity index (χ0v) is 9.28. The van der Waals surface area contributed by atoms with Gasteiger partial charge in [-0.25, -0.2) is 0 Å². The van der Waals surface area contributed by atoms with E-state index < -0.39 is 0 Å². The molecule has 0 unspecified atom stereocenters. The van der Waals surface area contributed by atoms with Crippen molar-refractivity contribution in [3.05, 3.63) is 52.5 Å². The Morgan fingerprint density at radius 3 is 2.69 bits per heavy atom. The van der Waals surface area contributed by atoms with Crippen molar-refractivity contribution >= 4 is 17.1 Å². The van der Waals surface area contributed by atoms with Crippen LogP contribution in [0, 0.1) is 11.3 Å². The standard InChI is InChI=1S/C12H9N2OS/c13-8-10-3-5-14(6-4-10)9-11(15)12-2-1-7-16-12/h1-7H,9H2/q+1. The van der Waals surface area contributed by atoms with Crippen molar-refractivity contribution in [3.8, 4) is 6.07 Å². The normalized spacial score (nSPS) is 9.69. The highest BCUT2D eigenvalue weighted by molar-refractivity contribution is 7.12. The minimum atomic E-state index is 0.0877. The second-order valence-electron chi connectivity index (χ2n) is 3.27. The molecule has 2 aromatic heterocycles. The van der Waals surface area contributed by atoms with Gasteiger partial charge >= 0.3 is 0 Å². The van der Waals surface area contributed by atoms with E-state index in [0.29, 0.717) is 12.1 Å². The summed E-state index contributed by atoms with van der Waals surface area (Å²) in [6, 6.07) is 9.11. The number of nitriles is 1. The summed E-state index contributed by atoms with van der Waals surface area (Å²) in [5.41, 5.74) is 0.597. The summed E-state index contributed by atoms with van der Waals surface area (Å²) in [4.78, 5) is 12.5. The van der Waals surface area contributed by atoms with Gasteiger partial charge in [0.25, 0.3) is 0 Å². The summed E-state index contributed by atoms with van der Waals surface area (Å²) >= 11 is 1.44. The number of thiophene rings is 1. The van der Waals surface area contributed by atoms with Crippen molar-refractivity contribution in [2.24, 2.45) is 0 Å². The lowest BCUT2D eigenvalue weighted by atomic mass is 10.3.